The van der Waals surface area contributed by atoms with E-state index in [1.807, 2.05) is 12.1 Å². The highest BCUT2D eigenvalue weighted by Crippen LogP contribution is 2.44. The highest BCUT2D eigenvalue weighted by molar-refractivity contribution is 5.69. The summed E-state index contributed by atoms with van der Waals surface area (Å²) in [6.07, 6.45) is -4.50. The summed E-state index contributed by atoms with van der Waals surface area (Å²) < 4.78 is 56.0. The molecule has 6 nitrogen and oxygen atoms in total. The van der Waals surface area contributed by atoms with Crippen LogP contribution in [0.25, 0.3) is 0 Å². The summed E-state index contributed by atoms with van der Waals surface area (Å²) in [6.45, 7) is 0.283. The Labute approximate surface area is 164 Å². The van der Waals surface area contributed by atoms with Crippen molar-refractivity contribution in [2.45, 2.75) is 12.7 Å². The van der Waals surface area contributed by atoms with Crippen LogP contribution in [0.3, 0.4) is 0 Å². The van der Waals surface area contributed by atoms with E-state index in [0.717, 1.165) is 17.7 Å². The van der Waals surface area contributed by atoms with Crippen LogP contribution in [0.1, 0.15) is 11.1 Å². The SMILES string of the molecule is COc1cc(OC)nc(N2Cc3ccccc3Oc3cc(C(F)(F)F)ccc32)n1. The molecule has 9 heteroatoms. The molecule has 0 spiro atoms. The smallest absolute Gasteiger partial charge is 0.416 e. The van der Waals surface area contributed by atoms with E-state index in [4.69, 9.17) is 14.2 Å². The van der Waals surface area contributed by atoms with Crippen molar-refractivity contribution in [1.29, 1.82) is 0 Å². The molecule has 0 amide bonds. The van der Waals surface area contributed by atoms with Gasteiger partial charge >= 0.3 is 6.18 Å². The van der Waals surface area contributed by atoms with Gasteiger partial charge in [0.2, 0.25) is 17.7 Å². The Kier molecular flexibility index (Phi) is 4.65. The van der Waals surface area contributed by atoms with Gasteiger partial charge in [0.05, 0.1) is 38.1 Å². The summed E-state index contributed by atoms with van der Waals surface area (Å²) in [4.78, 5) is 10.3. The quantitative estimate of drug-likeness (QED) is 0.616. The average Bonchev–Trinajstić information content (AvgIpc) is 2.88. The van der Waals surface area contributed by atoms with Crippen LogP contribution in [0.2, 0.25) is 0 Å². The largest absolute Gasteiger partial charge is 0.481 e. The number of anilines is 2. The second-order valence-corrected chi connectivity index (χ2v) is 6.23. The van der Waals surface area contributed by atoms with Crippen molar-refractivity contribution in [2.75, 3.05) is 19.1 Å². The van der Waals surface area contributed by atoms with Crippen LogP contribution in [0.5, 0.6) is 23.3 Å². The van der Waals surface area contributed by atoms with Crippen molar-refractivity contribution in [3.05, 3.63) is 59.7 Å². The Morgan fingerprint density at radius 3 is 2.28 bits per heavy atom. The second-order valence-electron chi connectivity index (χ2n) is 6.23. The first-order chi connectivity index (χ1) is 13.9. The summed E-state index contributed by atoms with van der Waals surface area (Å²) >= 11 is 0. The Morgan fingerprint density at radius 1 is 0.931 bits per heavy atom. The van der Waals surface area contributed by atoms with Crippen molar-refractivity contribution >= 4 is 11.6 Å². The van der Waals surface area contributed by atoms with Crippen LogP contribution in [0.15, 0.2) is 48.5 Å². The van der Waals surface area contributed by atoms with Gasteiger partial charge < -0.3 is 19.1 Å². The van der Waals surface area contributed by atoms with Crippen molar-refractivity contribution in [3.8, 4) is 23.3 Å². The van der Waals surface area contributed by atoms with Crippen LogP contribution in [0, 0.1) is 0 Å². The molecule has 1 aliphatic heterocycles. The molecule has 0 saturated carbocycles. The van der Waals surface area contributed by atoms with Crippen molar-refractivity contribution in [3.63, 3.8) is 0 Å². The zero-order valence-corrected chi connectivity index (χ0v) is 15.5. The molecule has 150 valence electrons. The van der Waals surface area contributed by atoms with E-state index >= 15 is 0 Å². The molecule has 2 heterocycles. The fraction of sp³-hybridized carbons (Fsp3) is 0.200. The van der Waals surface area contributed by atoms with Crippen molar-refractivity contribution in [1.82, 2.24) is 9.97 Å². The maximum Gasteiger partial charge on any atom is 0.416 e. The first kappa shape index (κ1) is 18.9. The average molecular weight is 403 g/mol. The molecule has 0 atom stereocenters. The highest BCUT2D eigenvalue weighted by atomic mass is 19.4. The van der Waals surface area contributed by atoms with Gasteiger partial charge in [-0.15, -0.1) is 0 Å². The number of fused-ring (bicyclic) bond motifs is 2. The van der Waals surface area contributed by atoms with Gasteiger partial charge in [0.15, 0.2) is 5.75 Å². The topological polar surface area (TPSA) is 56.7 Å². The second kappa shape index (κ2) is 7.16. The van der Waals surface area contributed by atoms with Crippen molar-refractivity contribution in [2.24, 2.45) is 0 Å². The van der Waals surface area contributed by atoms with E-state index in [-0.39, 0.29) is 30.0 Å². The lowest BCUT2D eigenvalue weighted by atomic mass is 10.1. The van der Waals surface area contributed by atoms with E-state index in [1.54, 1.807) is 17.0 Å². The van der Waals surface area contributed by atoms with Crippen LogP contribution < -0.4 is 19.1 Å². The summed E-state index contributed by atoms with van der Waals surface area (Å²) in [5.74, 6) is 1.25. The molecule has 4 rings (SSSR count). The first-order valence-electron chi connectivity index (χ1n) is 8.60. The third-order valence-corrected chi connectivity index (χ3v) is 4.43. The number of alkyl halides is 3. The number of nitrogens with zero attached hydrogens (tertiary/aromatic N) is 3. The predicted octanol–water partition coefficient (Wildman–Crippen LogP) is 4.96. The minimum Gasteiger partial charge on any atom is -0.481 e. The van der Waals surface area contributed by atoms with E-state index in [9.17, 15) is 13.2 Å². The highest BCUT2D eigenvalue weighted by Gasteiger charge is 2.33. The molecule has 1 aromatic heterocycles. The fourth-order valence-corrected chi connectivity index (χ4v) is 3.00. The zero-order valence-electron chi connectivity index (χ0n) is 15.5. The lowest BCUT2D eigenvalue weighted by molar-refractivity contribution is -0.137. The normalized spacial score (nSPS) is 13.1. The molecule has 29 heavy (non-hydrogen) atoms. The van der Waals surface area contributed by atoms with E-state index in [1.165, 1.54) is 26.4 Å². The number of para-hydroxylation sites is 1. The Hall–Kier alpha value is -3.49. The van der Waals surface area contributed by atoms with E-state index in [2.05, 4.69) is 9.97 Å². The minimum atomic E-state index is -4.50. The molecule has 2 aromatic carbocycles. The third-order valence-electron chi connectivity index (χ3n) is 4.43. The molecular formula is C20H16F3N3O3. The number of rotatable bonds is 3. The van der Waals surface area contributed by atoms with Gasteiger partial charge in [0, 0.05) is 5.56 Å². The minimum absolute atomic E-state index is 0.0511. The molecule has 3 aromatic rings. The van der Waals surface area contributed by atoms with Gasteiger partial charge in [-0.25, -0.2) is 0 Å². The zero-order chi connectivity index (χ0) is 20.6. The molecule has 0 bridgehead atoms. The monoisotopic (exact) mass is 403 g/mol. The van der Waals surface area contributed by atoms with Crippen LogP contribution in [0.4, 0.5) is 24.8 Å². The number of aromatic nitrogens is 2. The van der Waals surface area contributed by atoms with Gasteiger partial charge in [-0.05, 0) is 24.3 Å². The van der Waals surface area contributed by atoms with Crippen molar-refractivity contribution < 1.29 is 27.4 Å². The number of benzene rings is 2. The maximum atomic E-state index is 13.2. The van der Waals surface area contributed by atoms with Gasteiger partial charge in [-0.2, -0.15) is 23.1 Å². The van der Waals surface area contributed by atoms with Crippen LogP contribution in [-0.2, 0) is 12.7 Å². The Bertz CT molecular complexity index is 1030. The number of ether oxygens (including phenoxy) is 3. The van der Waals surface area contributed by atoms with Gasteiger partial charge in [-0.1, -0.05) is 18.2 Å². The number of methoxy groups -OCH3 is 2. The van der Waals surface area contributed by atoms with Gasteiger partial charge in [-0.3, -0.25) is 0 Å². The van der Waals surface area contributed by atoms with Gasteiger partial charge in [0.1, 0.15) is 5.75 Å². The number of hydrogen-bond acceptors (Lipinski definition) is 6. The van der Waals surface area contributed by atoms with Crippen LogP contribution >= 0.6 is 0 Å². The molecule has 1 aliphatic rings. The molecule has 0 radical (unpaired) electrons. The standard InChI is InChI=1S/C20H16F3N3O3/c1-27-17-10-18(28-2)25-19(24-17)26-11-12-5-3-4-6-15(12)29-16-9-13(20(21,22)23)7-8-14(16)26/h3-10H,11H2,1-2H3. The first-order valence-corrected chi connectivity index (χ1v) is 8.60. The van der Waals surface area contributed by atoms with Crippen LogP contribution in [-0.4, -0.2) is 24.2 Å². The molecule has 0 N–H and O–H groups in total. The summed E-state index contributed by atoms with van der Waals surface area (Å²) in [5, 5.41) is 0. The Balaban J connectivity index is 1.91. The Morgan fingerprint density at radius 2 is 1.62 bits per heavy atom. The van der Waals surface area contributed by atoms with E-state index in [0.29, 0.717) is 11.4 Å². The number of halogens is 3. The lowest BCUT2D eigenvalue weighted by Crippen LogP contribution is -2.19. The molecule has 0 aliphatic carbocycles. The summed E-state index contributed by atoms with van der Waals surface area (Å²) in [5.41, 5.74) is 0.354. The number of hydrogen-bond donors (Lipinski definition) is 0. The summed E-state index contributed by atoms with van der Waals surface area (Å²) in [7, 11) is 2.91. The predicted molar refractivity (Wildman–Crippen MR) is 98.9 cm³/mol. The maximum absolute atomic E-state index is 13.2. The molecular weight excluding hydrogens is 387 g/mol. The molecule has 0 fully saturated rings. The molecule has 0 saturated heterocycles. The molecule has 0 unspecified atom stereocenters. The lowest BCUT2D eigenvalue weighted by Gasteiger charge is -2.23. The third kappa shape index (κ3) is 3.63. The van der Waals surface area contributed by atoms with Gasteiger partial charge in [0.25, 0.3) is 0 Å². The summed E-state index contributed by atoms with van der Waals surface area (Å²) in [6, 6.07) is 12.0. The fourth-order valence-electron chi connectivity index (χ4n) is 3.00. The van der Waals surface area contributed by atoms with E-state index < -0.39 is 11.7 Å².